The van der Waals surface area contributed by atoms with E-state index >= 15 is 0 Å². The third-order valence-corrected chi connectivity index (χ3v) is 7.47. The predicted octanol–water partition coefficient (Wildman–Crippen LogP) is 3.06. The maximum atomic E-state index is 13.7. The molecule has 202 valence electrons. The van der Waals surface area contributed by atoms with E-state index in [2.05, 4.69) is 20.0 Å². The van der Waals surface area contributed by atoms with E-state index in [0.29, 0.717) is 23.4 Å². The highest BCUT2D eigenvalue weighted by atomic mass is 31.2. The summed E-state index contributed by atoms with van der Waals surface area (Å²) in [5, 5.41) is 2.61. The Morgan fingerprint density at radius 2 is 2.08 bits per heavy atom. The number of fused-ring (bicyclic) bond motifs is 1. The Morgan fingerprint density at radius 3 is 2.84 bits per heavy atom. The number of carbonyl (C=O) groups is 2. The summed E-state index contributed by atoms with van der Waals surface area (Å²) in [7, 11) is -2.88. The van der Waals surface area contributed by atoms with E-state index in [1.54, 1.807) is 25.4 Å². The molecule has 13 nitrogen and oxygen atoms in total. The predicted molar refractivity (Wildman–Crippen MR) is 137 cm³/mol. The molecule has 4 atom stereocenters. The van der Waals surface area contributed by atoms with Crippen molar-refractivity contribution in [3.63, 3.8) is 0 Å². The molecule has 0 radical (unpaired) electrons. The van der Waals surface area contributed by atoms with Crippen molar-refractivity contribution in [3.05, 3.63) is 54.6 Å². The Labute approximate surface area is 218 Å². The highest BCUT2D eigenvalue weighted by molar-refractivity contribution is 7.52. The molecule has 2 heterocycles. The van der Waals surface area contributed by atoms with E-state index < -0.39 is 25.7 Å². The molecule has 1 aliphatic carbocycles. The van der Waals surface area contributed by atoms with Gasteiger partial charge >= 0.3 is 19.7 Å². The Balaban J connectivity index is 1.47. The third kappa shape index (κ3) is 6.18. The molecule has 2 aromatic heterocycles. The molecular formula is C24H29N6O7P. The summed E-state index contributed by atoms with van der Waals surface area (Å²) >= 11 is 0. The number of nitrogens with zero attached hydrogens (tertiary/aromatic N) is 4. The van der Waals surface area contributed by atoms with Gasteiger partial charge in [-0.3, -0.25) is 9.32 Å². The minimum Gasteiger partial charge on any atom is -0.468 e. The van der Waals surface area contributed by atoms with Gasteiger partial charge in [-0.1, -0.05) is 18.2 Å². The highest BCUT2D eigenvalue weighted by Gasteiger charge is 2.34. The zero-order valence-electron chi connectivity index (χ0n) is 21.1. The smallest absolute Gasteiger partial charge is 0.459 e. The molecule has 38 heavy (non-hydrogen) atoms. The number of carbonyl (C=O) groups excluding carboxylic acids is 2. The number of hydrogen-bond donors (Lipinski definition) is 2. The lowest BCUT2D eigenvalue weighted by molar-refractivity contribution is -0.142. The average Bonchev–Trinajstić information content (AvgIpc) is 3.55. The van der Waals surface area contributed by atoms with E-state index in [1.807, 2.05) is 16.7 Å². The lowest BCUT2D eigenvalue weighted by Gasteiger charge is -2.24. The zero-order chi connectivity index (χ0) is 27.3. The summed E-state index contributed by atoms with van der Waals surface area (Å²) < 4.78 is 36.9. The quantitative estimate of drug-likeness (QED) is 0.206. The molecule has 0 saturated carbocycles. The summed E-state index contributed by atoms with van der Waals surface area (Å²) in [5.74, 6) is -0.927. The second-order valence-corrected chi connectivity index (χ2v) is 10.2. The Morgan fingerprint density at radius 1 is 1.26 bits per heavy atom. The van der Waals surface area contributed by atoms with Gasteiger partial charge in [-0.05, 0) is 38.5 Å². The van der Waals surface area contributed by atoms with Crippen molar-refractivity contribution in [2.45, 2.75) is 32.4 Å². The fraction of sp³-hybridized carbons (Fsp3) is 0.375. The van der Waals surface area contributed by atoms with Crippen LogP contribution >= 0.6 is 7.75 Å². The summed E-state index contributed by atoms with van der Waals surface area (Å²) in [5.41, 5.74) is 7.24. The van der Waals surface area contributed by atoms with Crippen molar-refractivity contribution in [2.24, 2.45) is 5.92 Å². The lowest BCUT2D eigenvalue weighted by Crippen LogP contribution is -2.34. The van der Waals surface area contributed by atoms with Crippen molar-refractivity contribution >= 4 is 36.7 Å². The van der Waals surface area contributed by atoms with Crippen molar-refractivity contribution in [3.8, 4) is 5.75 Å². The maximum Gasteiger partial charge on any atom is 0.459 e. The summed E-state index contributed by atoms with van der Waals surface area (Å²) in [6.45, 7) is 3.39. The zero-order valence-corrected chi connectivity index (χ0v) is 22.0. The summed E-state index contributed by atoms with van der Waals surface area (Å²) in [6, 6.07) is 4.95. The normalized spacial score (nSPS) is 19.1. The molecule has 14 heteroatoms. The largest absolute Gasteiger partial charge is 0.468 e. The molecule has 3 N–H and O–H groups in total. The van der Waals surface area contributed by atoms with Crippen LogP contribution in [0.1, 0.15) is 36.7 Å². The van der Waals surface area contributed by atoms with Crippen LogP contribution in [0, 0.1) is 5.92 Å². The first-order valence-electron chi connectivity index (χ1n) is 11.9. The molecule has 3 aromatic rings. The van der Waals surface area contributed by atoms with Gasteiger partial charge < -0.3 is 24.3 Å². The second kappa shape index (κ2) is 11.7. The van der Waals surface area contributed by atoms with Crippen LogP contribution in [0.15, 0.2) is 49.1 Å². The number of nitrogen functional groups attached to an aromatic ring is 1. The van der Waals surface area contributed by atoms with Crippen molar-refractivity contribution in [2.75, 3.05) is 26.1 Å². The molecule has 1 aromatic carbocycles. The topological polar surface area (TPSA) is 170 Å². The van der Waals surface area contributed by atoms with Gasteiger partial charge in [-0.25, -0.2) is 24.3 Å². The van der Waals surface area contributed by atoms with Crippen LogP contribution in [-0.2, 0) is 23.4 Å². The number of nitrogens with one attached hydrogen (secondary N) is 1. The monoisotopic (exact) mass is 544 g/mol. The summed E-state index contributed by atoms with van der Waals surface area (Å²) in [4.78, 5) is 36.7. The van der Waals surface area contributed by atoms with Gasteiger partial charge in [-0.15, -0.1) is 0 Å². The SMILES string of the molecule is CCOC(=O)c1cccc(OP(=O)(N[C@@H](C)C(=O)OC)OC[C@H]2C=C[C@@H](n3cnc4c(N)ncnc43)C2)c1. The minimum absolute atomic E-state index is 0.0203. The van der Waals surface area contributed by atoms with E-state index in [-0.39, 0.29) is 36.5 Å². The molecule has 1 unspecified atom stereocenters. The van der Waals surface area contributed by atoms with Gasteiger partial charge in [-0.2, -0.15) is 5.09 Å². The van der Waals surface area contributed by atoms with Gasteiger partial charge in [0.1, 0.15) is 23.6 Å². The number of allylic oxidation sites excluding steroid dienone is 1. The van der Waals surface area contributed by atoms with Crippen molar-refractivity contribution in [1.82, 2.24) is 24.6 Å². The average molecular weight is 545 g/mol. The fourth-order valence-corrected chi connectivity index (χ4v) is 5.52. The number of ether oxygens (including phenoxy) is 2. The van der Waals surface area contributed by atoms with Gasteiger partial charge in [0.05, 0.1) is 38.3 Å². The van der Waals surface area contributed by atoms with Crippen LogP contribution in [0.4, 0.5) is 5.82 Å². The minimum atomic E-state index is -4.10. The lowest BCUT2D eigenvalue weighted by atomic mass is 10.1. The van der Waals surface area contributed by atoms with E-state index in [9.17, 15) is 14.2 Å². The molecular weight excluding hydrogens is 515 g/mol. The van der Waals surface area contributed by atoms with Crippen LogP contribution in [0.25, 0.3) is 11.2 Å². The number of methoxy groups -OCH3 is 1. The number of rotatable bonds is 11. The number of aromatic nitrogens is 4. The number of anilines is 1. The van der Waals surface area contributed by atoms with Crippen LogP contribution in [0.2, 0.25) is 0 Å². The van der Waals surface area contributed by atoms with E-state index in [1.165, 1.54) is 32.5 Å². The molecule has 0 amide bonds. The van der Waals surface area contributed by atoms with Crippen LogP contribution < -0.4 is 15.3 Å². The van der Waals surface area contributed by atoms with Crippen molar-refractivity contribution < 1.29 is 32.7 Å². The van der Waals surface area contributed by atoms with E-state index in [4.69, 9.17) is 24.3 Å². The Kier molecular flexibility index (Phi) is 8.40. The first-order valence-corrected chi connectivity index (χ1v) is 13.5. The number of benzene rings is 1. The van der Waals surface area contributed by atoms with Gasteiger partial charge in [0.2, 0.25) is 0 Å². The Hall–Kier alpha value is -3.80. The second-order valence-electron chi connectivity index (χ2n) is 8.54. The molecule has 0 saturated heterocycles. The van der Waals surface area contributed by atoms with Gasteiger partial charge in [0.15, 0.2) is 11.5 Å². The highest BCUT2D eigenvalue weighted by Crippen LogP contribution is 2.46. The molecule has 1 aliphatic rings. The summed E-state index contributed by atoms with van der Waals surface area (Å²) in [6.07, 6.45) is 7.56. The maximum absolute atomic E-state index is 13.7. The van der Waals surface area contributed by atoms with Crippen LogP contribution in [-0.4, -0.2) is 57.8 Å². The molecule has 0 spiro atoms. The first-order chi connectivity index (χ1) is 18.2. The molecule has 0 aliphatic heterocycles. The first kappa shape index (κ1) is 27.2. The molecule has 0 fully saturated rings. The third-order valence-electron chi connectivity index (χ3n) is 5.83. The fourth-order valence-electron chi connectivity index (χ4n) is 3.98. The molecule has 0 bridgehead atoms. The van der Waals surface area contributed by atoms with Gasteiger partial charge in [0.25, 0.3) is 0 Å². The standard InChI is InChI=1S/C24H29N6O7P/c1-4-35-24(32)17-6-5-7-19(11-17)37-38(33,29-15(2)23(31)34-3)36-12-16-8-9-18(10-16)30-14-28-20-21(25)26-13-27-22(20)30/h5-9,11,13-16,18H,4,10,12H2,1-3H3,(H,29,33)(H2,25,26,27)/t15-,16-,18+,38?/m0/s1. The number of imidazole rings is 1. The van der Waals surface area contributed by atoms with Gasteiger partial charge in [0, 0.05) is 5.92 Å². The molecule has 4 rings (SSSR count). The van der Waals surface area contributed by atoms with Crippen molar-refractivity contribution in [1.29, 1.82) is 0 Å². The number of hydrogen-bond acceptors (Lipinski definition) is 11. The number of esters is 2. The number of nitrogens with two attached hydrogens (primary N) is 1. The van der Waals surface area contributed by atoms with Crippen LogP contribution in [0.5, 0.6) is 5.75 Å². The van der Waals surface area contributed by atoms with E-state index in [0.717, 1.165) is 0 Å². The van der Waals surface area contributed by atoms with Crippen LogP contribution in [0.3, 0.4) is 0 Å². The Bertz CT molecular complexity index is 1390.